The van der Waals surface area contributed by atoms with Crippen molar-refractivity contribution in [1.82, 2.24) is 15.2 Å². The van der Waals surface area contributed by atoms with Gasteiger partial charge in [-0.05, 0) is 32.4 Å². The Kier molecular flexibility index (Phi) is 5.23. The van der Waals surface area contributed by atoms with E-state index in [1.54, 1.807) is 24.6 Å². The molecule has 1 aromatic carbocycles. The molecule has 0 saturated heterocycles. The highest BCUT2D eigenvalue weighted by Gasteiger charge is 2.14. The Hall–Kier alpha value is -2.86. The van der Waals surface area contributed by atoms with Gasteiger partial charge >= 0.3 is 0 Å². The molecule has 1 N–H and O–H groups in total. The van der Waals surface area contributed by atoms with E-state index < -0.39 is 0 Å². The second-order valence-corrected chi connectivity index (χ2v) is 6.32. The minimum Gasteiger partial charge on any atom is -0.466 e. The Bertz CT molecular complexity index is 958. The molecule has 0 saturated carbocycles. The number of carbonyl (C=O) groups is 1. The van der Waals surface area contributed by atoms with E-state index in [1.165, 1.54) is 6.21 Å². The van der Waals surface area contributed by atoms with E-state index in [9.17, 15) is 4.79 Å². The second-order valence-electron chi connectivity index (χ2n) is 5.96. The lowest BCUT2D eigenvalue weighted by atomic mass is 10.2. The standard InChI is InChI=1S/C19H19ClN4O2/c1-12-9-16(14(3)26-12)19(25)22-21-10-17-13(2)23-24(18(17)20)11-15-7-5-4-6-8-15/h4-10H,11H2,1-3H3,(H,22,25)/b21-10+. The molecule has 7 heteroatoms. The molecule has 0 fully saturated rings. The van der Waals surface area contributed by atoms with Crippen molar-refractivity contribution < 1.29 is 9.21 Å². The Morgan fingerprint density at radius 2 is 2.04 bits per heavy atom. The van der Waals surface area contributed by atoms with Crippen molar-refractivity contribution in [3.8, 4) is 0 Å². The number of hydrogen-bond acceptors (Lipinski definition) is 4. The van der Waals surface area contributed by atoms with Gasteiger partial charge in [0.25, 0.3) is 5.91 Å². The third kappa shape index (κ3) is 3.86. The fraction of sp³-hybridized carbons (Fsp3) is 0.211. The highest BCUT2D eigenvalue weighted by Crippen LogP contribution is 2.19. The normalized spacial score (nSPS) is 11.2. The number of aryl methyl sites for hydroxylation is 3. The predicted molar refractivity (Wildman–Crippen MR) is 101 cm³/mol. The average Bonchev–Trinajstić information content (AvgIpc) is 3.08. The zero-order valence-corrected chi connectivity index (χ0v) is 15.5. The van der Waals surface area contributed by atoms with E-state index in [4.69, 9.17) is 16.0 Å². The molecule has 0 spiro atoms. The molecule has 0 aliphatic heterocycles. The first kappa shape index (κ1) is 17.9. The number of furan rings is 1. The number of hydrazone groups is 1. The first-order chi connectivity index (χ1) is 12.5. The van der Waals surface area contributed by atoms with Crippen molar-refractivity contribution in [2.75, 3.05) is 0 Å². The van der Waals surface area contributed by atoms with Crippen LogP contribution in [-0.4, -0.2) is 21.9 Å². The highest BCUT2D eigenvalue weighted by atomic mass is 35.5. The molecule has 0 aliphatic carbocycles. The largest absolute Gasteiger partial charge is 0.466 e. The van der Waals surface area contributed by atoms with Crippen LogP contribution in [0.4, 0.5) is 0 Å². The van der Waals surface area contributed by atoms with E-state index in [0.717, 1.165) is 11.3 Å². The first-order valence-electron chi connectivity index (χ1n) is 8.13. The molecule has 2 heterocycles. The maximum Gasteiger partial charge on any atom is 0.274 e. The van der Waals surface area contributed by atoms with Crippen LogP contribution >= 0.6 is 11.6 Å². The van der Waals surface area contributed by atoms with Crippen molar-refractivity contribution in [2.24, 2.45) is 5.10 Å². The molecule has 0 bridgehead atoms. The number of halogens is 1. The minimum absolute atomic E-state index is 0.332. The molecule has 134 valence electrons. The lowest BCUT2D eigenvalue weighted by Gasteiger charge is -2.03. The smallest absolute Gasteiger partial charge is 0.274 e. The lowest BCUT2D eigenvalue weighted by Crippen LogP contribution is -2.17. The van der Waals surface area contributed by atoms with E-state index in [1.807, 2.05) is 37.3 Å². The Labute approximate surface area is 156 Å². The van der Waals surface area contributed by atoms with E-state index in [-0.39, 0.29) is 5.91 Å². The van der Waals surface area contributed by atoms with Crippen LogP contribution in [0.15, 0.2) is 45.9 Å². The molecule has 0 aliphatic rings. The number of amides is 1. The van der Waals surface area contributed by atoms with Crippen molar-refractivity contribution in [1.29, 1.82) is 0 Å². The summed E-state index contributed by atoms with van der Waals surface area (Å²) in [7, 11) is 0. The SMILES string of the molecule is Cc1cc(C(=O)N/N=C/c2c(C)nn(Cc3ccccc3)c2Cl)c(C)o1. The topological polar surface area (TPSA) is 72.4 Å². The van der Waals surface area contributed by atoms with Gasteiger partial charge in [-0.15, -0.1) is 0 Å². The monoisotopic (exact) mass is 370 g/mol. The molecule has 0 unspecified atom stereocenters. The Balaban J connectivity index is 1.72. The number of rotatable bonds is 5. The van der Waals surface area contributed by atoms with Gasteiger partial charge in [0.05, 0.1) is 29.6 Å². The van der Waals surface area contributed by atoms with Crippen molar-refractivity contribution in [2.45, 2.75) is 27.3 Å². The van der Waals surface area contributed by atoms with Crippen molar-refractivity contribution in [3.05, 3.63) is 75.5 Å². The molecule has 3 aromatic rings. The van der Waals surface area contributed by atoms with E-state index in [0.29, 0.717) is 34.3 Å². The quantitative estimate of drug-likeness (QED) is 0.547. The summed E-state index contributed by atoms with van der Waals surface area (Å²) in [4.78, 5) is 12.1. The van der Waals surface area contributed by atoms with Gasteiger partial charge in [0.1, 0.15) is 16.7 Å². The zero-order valence-electron chi connectivity index (χ0n) is 14.8. The fourth-order valence-corrected chi connectivity index (χ4v) is 2.93. The number of carbonyl (C=O) groups excluding carboxylic acids is 1. The molecule has 6 nitrogen and oxygen atoms in total. The summed E-state index contributed by atoms with van der Waals surface area (Å²) in [5.41, 5.74) is 5.45. The number of nitrogens with one attached hydrogen (secondary N) is 1. The first-order valence-corrected chi connectivity index (χ1v) is 8.50. The average molecular weight is 371 g/mol. The Morgan fingerprint density at radius 3 is 2.69 bits per heavy atom. The van der Waals surface area contributed by atoms with Crippen LogP contribution in [0, 0.1) is 20.8 Å². The molecule has 3 rings (SSSR count). The summed E-state index contributed by atoms with van der Waals surface area (Å²) in [5.74, 6) is 0.902. The van der Waals surface area contributed by atoms with Crippen LogP contribution in [0.25, 0.3) is 0 Å². The van der Waals surface area contributed by atoms with E-state index in [2.05, 4.69) is 15.6 Å². The summed E-state index contributed by atoms with van der Waals surface area (Å²) in [5, 5.41) is 8.92. The summed E-state index contributed by atoms with van der Waals surface area (Å²) in [6, 6.07) is 11.6. The summed E-state index contributed by atoms with van der Waals surface area (Å²) in [6.45, 7) is 5.94. The van der Waals surface area contributed by atoms with Gasteiger partial charge in [-0.2, -0.15) is 10.2 Å². The van der Waals surface area contributed by atoms with Crippen LogP contribution in [0.3, 0.4) is 0 Å². The highest BCUT2D eigenvalue weighted by molar-refractivity contribution is 6.32. The molecule has 1 amide bonds. The molecule has 26 heavy (non-hydrogen) atoms. The van der Waals surface area contributed by atoms with Crippen LogP contribution in [0.2, 0.25) is 5.15 Å². The van der Waals surface area contributed by atoms with E-state index >= 15 is 0 Å². The lowest BCUT2D eigenvalue weighted by molar-refractivity contribution is 0.0953. The zero-order chi connectivity index (χ0) is 18.7. The third-order valence-corrected chi connectivity index (χ3v) is 4.33. The van der Waals surface area contributed by atoms with Gasteiger partial charge in [-0.25, -0.2) is 10.1 Å². The summed E-state index contributed by atoms with van der Waals surface area (Å²) < 4.78 is 7.06. The fourth-order valence-electron chi connectivity index (χ4n) is 2.65. The summed E-state index contributed by atoms with van der Waals surface area (Å²) in [6.07, 6.45) is 1.51. The van der Waals surface area contributed by atoms with Crippen LogP contribution < -0.4 is 5.43 Å². The van der Waals surface area contributed by atoms with Crippen LogP contribution in [0.1, 0.15) is 38.7 Å². The molecule has 0 radical (unpaired) electrons. The number of aromatic nitrogens is 2. The molecular formula is C19H19ClN4O2. The number of nitrogens with zero attached hydrogens (tertiary/aromatic N) is 3. The second kappa shape index (κ2) is 7.58. The Morgan fingerprint density at radius 1 is 1.31 bits per heavy atom. The maximum atomic E-state index is 12.1. The molecular weight excluding hydrogens is 352 g/mol. The van der Waals surface area contributed by atoms with Gasteiger partial charge in [-0.1, -0.05) is 41.9 Å². The molecule has 2 aromatic heterocycles. The minimum atomic E-state index is -0.332. The van der Waals surface area contributed by atoms with Crippen LogP contribution in [-0.2, 0) is 6.54 Å². The van der Waals surface area contributed by atoms with Gasteiger partial charge in [-0.3, -0.25) is 4.79 Å². The maximum absolute atomic E-state index is 12.1. The number of hydrogen-bond donors (Lipinski definition) is 1. The summed E-state index contributed by atoms with van der Waals surface area (Å²) >= 11 is 6.42. The van der Waals surface area contributed by atoms with Gasteiger partial charge in [0.2, 0.25) is 0 Å². The number of benzene rings is 1. The van der Waals surface area contributed by atoms with Gasteiger partial charge in [0, 0.05) is 0 Å². The van der Waals surface area contributed by atoms with Crippen molar-refractivity contribution in [3.63, 3.8) is 0 Å². The van der Waals surface area contributed by atoms with Gasteiger partial charge < -0.3 is 4.42 Å². The van der Waals surface area contributed by atoms with Gasteiger partial charge in [0.15, 0.2) is 0 Å². The van der Waals surface area contributed by atoms with Crippen LogP contribution in [0.5, 0.6) is 0 Å². The third-order valence-electron chi connectivity index (χ3n) is 3.93. The van der Waals surface area contributed by atoms with Crippen molar-refractivity contribution >= 4 is 23.7 Å². The predicted octanol–water partition coefficient (Wildman–Crippen LogP) is 3.87. The molecule has 0 atom stereocenters.